The van der Waals surface area contributed by atoms with Crippen LogP contribution >= 0.6 is 0 Å². The van der Waals surface area contributed by atoms with Crippen LogP contribution in [0.1, 0.15) is 24.0 Å². The summed E-state index contributed by atoms with van der Waals surface area (Å²) < 4.78 is 0. The van der Waals surface area contributed by atoms with E-state index in [0.29, 0.717) is 12.1 Å². The lowest BCUT2D eigenvalue weighted by molar-refractivity contribution is 0.490. The van der Waals surface area contributed by atoms with Crippen LogP contribution in [-0.4, -0.2) is 25.2 Å². The largest absolute Gasteiger partial charge is 0.367 e. The zero-order valence-electron chi connectivity index (χ0n) is 13.0. The van der Waals surface area contributed by atoms with Gasteiger partial charge in [0, 0.05) is 30.9 Å². The molecule has 22 heavy (non-hydrogen) atoms. The maximum Gasteiger partial charge on any atom is 0.0415 e. The molecule has 2 aromatic carbocycles. The molecule has 1 atom stereocenters. The molecule has 1 fully saturated rings. The fourth-order valence-corrected chi connectivity index (χ4v) is 4.01. The van der Waals surface area contributed by atoms with Gasteiger partial charge in [-0.1, -0.05) is 42.5 Å². The fraction of sp³-hybridized carbons (Fsp3) is 0.400. The third-order valence-electron chi connectivity index (χ3n) is 5.16. The van der Waals surface area contributed by atoms with E-state index in [9.17, 15) is 0 Å². The van der Waals surface area contributed by atoms with Crippen LogP contribution in [0.3, 0.4) is 0 Å². The lowest BCUT2D eigenvalue weighted by Crippen LogP contribution is -2.42. The maximum atomic E-state index is 3.83. The lowest BCUT2D eigenvalue weighted by atomic mass is 10.1. The van der Waals surface area contributed by atoms with Crippen LogP contribution in [0.2, 0.25) is 0 Å². The molecule has 0 spiro atoms. The topological polar surface area (TPSA) is 15.3 Å². The molecule has 1 N–H and O–H groups in total. The van der Waals surface area contributed by atoms with Gasteiger partial charge >= 0.3 is 0 Å². The van der Waals surface area contributed by atoms with Crippen LogP contribution in [0, 0.1) is 0 Å². The van der Waals surface area contributed by atoms with Gasteiger partial charge < -0.3 is 10.2 Å². The van der Waals surface area contributed by atoms with Gasteiger partial charge in [-0.3, -0.25) is 0 Å². The Morgan fingerprint density at radius 1 is 0.909 bits per heavy atom. The Labute approximate surface area is 133 Å². The monoisotopic (exact) mass is 292 g/mol. The molecule has 2 aromatic rings. The molecule has 1 heterocycles. The van der Waals surface area contributed by atoms with Crippen LogP contribution in [0.5, 0.6) is 0 Å². The number of benzene rings is 2. The van der Waals surface area contributed by atoms with E-state index >= 15 is 0 Å². The Morgan fingerprint density at radius 2 is 1.59 bits per heavy atom. The average molecular weight is 292 g/mol. The van der Waals surface area contributed by atoms with Gasteiger partial charge in [0.1, 0.15) is 0 Å². The van der Waals surface area contributed by atoms with E-state index in [-0.39, 0.29) is 0 Å². The van der Waals surface area contributed by atoms with Gasteiger partial charge in [0.2, 0.25) is 0 Å². The standard InChI is InChI=1S/C20H24N2/c1-2-9-19(10-3-1)22-12-6-11-20(22)15-21-18-13-16-7-4-5-8-17(16)14-18/h1-5,7-10,18,20-21H,6,11-15H2/t20-/m1/s1. The minimum absolute atomic E-state index is 0.621. The number of hydrogen-bond acceptors (Lipinski definition) is 2. The second kappa shape index (κ2) is 6.13. The highest BCUT2D eigenvalue weighted by atomic mass is 15.2. The van der Waals surface area contributed by atoms with E-state index in [1.165, 1.54) is 49.0 Å². The second-order valence-electron chi connectivity index (χ2n) is 6.61. The average Bonchev–Trinajstić information content (AvgIpc) is 3.20. The van der Waals surface area contributed by atoms with Crippen molar-refractivity contribution in [2.24, 2.45) is 0 Å². The highest BCUT2D eigenvalue weighted by Gasteiger charge is 2.27. The molecule has 114 valence electrons. The first-order valence-corrected chi connectivity index (χ1v) is 8.52. The van der Waals surface area contributed by atoms with E-state index in [1.807, 2.05) is 0 Å². The number of para-hydroxylation sites is 1. The van der Waals surface area contributed by atoms with Gasteiger partial charge in [0.25, 0.3) is 0 Å². The Hall–Kier alpha value is -1.80. The number of nitrogens with zero attached hydrogens (tertiary/aromatic N) is 1. The first-order chi connectivity index (χ1) is 10.9. The number of hydrogen-bond donors (Lipinski definition) is 1. The van der Waals surface area contributed by atoms with E-state index < -0.39 is 0 Å². The zero-order valence-corrected chi connectivity index (χ0v) is 13.0. The summed E-state index contributed by atoms with van der Waals surface area (Å²) in [5, 5.41) is 3.83. The van der Waals surface area contributed by atoms with Crippen molar-refractivity contribution in [1.29, 1.82) is 0 Å². The fourth-order valence-electron chi connectivity index (χ4n) is 4.01. The Balaban J connectivity index is 1.36. The van der Waals surface area contributed by atoms with Crippen LogP contribution in [0.4, 0.5) is 5.69 Å². The van der Waals surface area contributed by atoms with Crippen molar-refractivity contribution in [1.82, 2.24) is 5.32 Å². The van der Waals surface area contributed by atoms with Crippen LogP contribution in [0.25, 0.3) is 0 Å². The molecule has 0 amide bonds. The molecule has 2 nitrogen and oxygen atoms in total. The van der Waals surface area contributed by atoms with Gasteiger partial charge in [0.15, 0.2) is 0 Å². The molecule has 0 radical (unpaired) electrons. The minimum Gasteiger partial charge on any atom is -0.367 e. The van der Waals surface area contributed by atoms with Crippen molar-refractivity contribution < 1.29 is 0 Å². The SMILES string of the molecule is c1ccc(N2CCC[C@@H]2CNC2Cc3ccccc3C2)cc1. The van der Waals surface area contributed by atoms with Gasteiger partial charge in [-0.25, -0.2) is 0 Å². The summed E-state index contributed by atoms with van der Waals surface area (Å²) in [4.78, 5) is 2.58. The van der Waals surface area contributed by atoms with Crippen molar-refractivity contribution in [2.75, 3.05) is 18.0 Å². The van der Waals surface area contributed by atoms with E-state index in [4.69, 9.17) is 0 Å². The van der Waals surface area contributed by atoms with Crippen molar-refractivity contribution in [2.45, 2.75) is 37.8 Å². The van der Waals surface area contributed by atoms with E-state index in [2.05, 4.69) is 64.8 Å². The molecular formula is C20H24N2. The van der Waals surface area contributed by atoms with Crippen molar-refractivity contribution >= 4 is 5.69 Å². The Morgan fingerprint density at radius 3 is 2.32 bits per heavy atom. The van der Waals surface area contributed by atoms with Crippen molar-refractivity contribution in [3.63, 3.8) is 0 Å². The normalized spacial score (nSPS) is 21.3. The summed E-state index contributed by atoms with van der Waals surface area (Å²) in [5.74, 6) is 0. The summed E-state index contributed by atoms with van der Waals surface area (Å²) in [6, 6.07) is 21.0. The number of rotatable bonds is 4. The first-order valence-electron chi connectivity index (χ1n) is 8.52. The molecule has 0 bridgehead atoms. The van der Waals surface area contributed by atoms with Crippen LogP contribution in [0.15, 0.2) is 54.6 Å². The van der Waals surface area contributed by atoms with Crippen molar-refractivity contribution in [3.05, 3.63) is 65.7 Å². The highest BCUT2D eigenvalue weighted by molar-refractivity contribution is 5.48. The number of nitrogens with one attached hydrogen (secondary N) is 1. The molecule has 1 aliphatic heterocycles. The highest BCUT2D eigenvalue weighted by Crippen LogP contribution is 2.26. The van der Waals surface area contributed by atoms with Gasteiger partial charge in [-0.05, 0) is 48.9 Å². The van der Waals surface area contributed by atoms with Crippen LogP contribution in [-0.2, 0) is 12.8 Å². The number of fused-ring (bicyclic) bond motifs is 1. The molecule has 0 unspecified atom stereocenters. The minimum atomic E-state index is 0.621. The third kappa shape index (κ3) is 2.76. The second-order valence-corrected chi connectivity index (χ2v) is 6.61. The quantitative estimate of drug-likeness (QED) is 0.929. The molecule has 4 rings (SSSR count). The molecule has 0 saturated carbocycles. The summed E-state index contributed by atoms with van der Waals surface area (Å²) in [6.45, 7) is 2.30. The first kappa shape index (κ1) is 13.8. The van der Waals surface area contributed by atoms with Gasteiger partial charge in [-0.2, -0.15) is 0 Å². The molecule has 1 saturated heterocycles. The summed E-state index contributed by atoms with van der Waals surface area (Å²) in [5.41, 5.74) is 4.44. The molecule has 2 heteroatoms. The van der Waals surface area contributed by atoms with Crippen LogP contribution < -0.4 is 10.2 Å². The molecule has 1 aliphatic carbocycles. The summed E-state index contributed by atoms with van der Waals surface area (Å²) in [7, 11) is 0. The summed E-state index contributed by atoms with van der Waals surface area (Å²) >= 11 is 0. The predicted octanol–water partition coefficient (Wildman–Crippen LogP) is 3.41. The van der Waals surface area contributed by atoms with Crippen molar-refractivity contribution in [3.8, 4) is 0 Å². The zero-order chi connectivity index (χ0) is 14.8. The van der Waals surface area contributed by atoms with E-state index in [1.54, 1.807) is 0 Å². The number of anilines is 1. The lowest BCUT2D eigenvalue weighted by Gasteiger charge is -2.28. The molecular weight excluding hydrogens is 268 g/mol. The predicted molar refractivity (Wildman–Crippen MR) is 92.5 cm³/mol. The summed E-state index contributed by atoms with van der Waals surface area (Å²) in [6.07, 6.45) is 5.00. The Kier molecular flexibility index (Phi) is 3.86. The maximum absolute atomic E-state index is 3.83. The Bertz CT molecular complexity index is 598. The van der Waals surface area contributed by atoms with Gasteiger partial charge in [-0.15, -0.1) is 0 Å². The smallest absolute Gasteiger partial charge is 0.0415 e. The van der Waals surface area contributed by atoms with Gasteiger partial charge in [0.05, 0.1) is 0 Å². The van der Waals surface area contributed by atoms with E-state index in [0.717, 1.165) is 6.54 Å². The molecule has 2 aliphatic rings. The molecule has 0 aromatic heterocycles. The third-order valence-corrected chi connectivity index (χ3v) is 5.16.